The van der Waals surface area contributed by atoms with Gasteiger partial charge in [-0.15, -0.1) is 0 Å². The molecule has 1 atom stereocenters. The van der Waals surface area contributed by atoms with Gasteiger partial charge in [0.05, 0.1) is 14.2 Å². The molecule has 2 aromatic heterocycles. The van der Waals surface area contributed by atoms with Crippen molar-refractivity contribution in [2.45, 2.75) is 13.0 Å². The van der Waals surface area contributed by atoms with E-state index in [9.17, 15) is 9.90 Å². The number of piperazine rings is 1. The van der Waals surface area contributed by atoms with Gasteiger partial charge in [0.2, 0.25) is 0 Å². The van der Waals surface area contributed by atoms with E-state index in [1.54, 1.807) is 50.4 Å². The summed E-state index contributed by atoms with van der Waals surface area (Å²) in [5.74, 6) is 1.88. The second kappa shape index (κ2) is 9.27. The SMILES string of the molecule is COc1ccc(-c2noc([C@H](C)O)c2C(=O)N2CCN(c3ccccn3)CC2)cc1OC. The summed E-state index contributed by atoms with van der Waals surface area (Å²) < 4.78 is 16.1. The Kier molecular flexibility index (Phi) is 6.27. The van der Waals surface area contributed by atoms with Gasteiger partial charge in [0.15, 0.2) is 17.3 Å². The molecule has 3 heterocycles. The van der Waals surface area contributed by atoms with Gasteiger partial charge in [-0.2, -0.15) is 0 Å². The molecule has 3 aromatic rings. The molecule has 0 bridgehead atoms. The standard InChI is InChI=1S/C23H26N4O5/c1-15(28)22-20(21(25-32-22)16-7-8-17(30-2)18(14-16)31-3)23(29)27-12-10-26(11-13-27)19-6-4-5-9-24-19/h4-9,14-15,28H,10-13H2,1-3H3/t15-/m0/s1. The van der Waals surface area contributed by atoms with Crippen LogP contribution < -0.4 is 14.4 Å². The number of nitrogens with zero attached hydrogens (tertiary/aromatic N) is 4. The van der Waals surface area contributed by atoms with Crippen molar-refractivity contribution in [3.05, 3.63) is 53.9 Å². The predicted molar refractivity (Wildman–Crippen MR) is 118 cm³/mol. The molecular formula is C23H26N4O5. The Balaban J connectivity index is 1.62. The minimum Gasteiger partial charge on any atom is -0.493 e. The summed E-state index contributed by atoms with van der Waals surface area (Å²) in [6.45, 7) is 3.90. The lowest BCUT2D eigenvalue weighted by Gasteiger charge is -2.35. The number of pyridine rings is 1. The van der Waals surface area contributed by atoms with Gasteiger partial charge >= 0.3 is 0 Å². The van der Waals surface area contributed by atoms with Crippen LogP contribution in [0.25, 0.3) is 11.3 Å². The lowest BCUT2D eigenvalue weighted by Crippen LogP contribution is -2.49. The van der Waals surface area contributed by atoms with Crippen molar-refractivity contribution in [2.75, 3.05) is 45.3 Å². The molecule has 1 fully saturated rings. The van der Waals surface area contributed by atoms with Crippen LogP contribution in [0.5, 0.6) is 11.5 Å². The van der Waals surface area contributed by atoms with Gasteiger partial charge in [-0.1, -0.05) is 11.2 Å². The van der Waals surface area contributed by atoms with Crippen molar-refractivity contribution in [2.24, 2.45) is 0 Å². The monoisotopic (exact) mass is 438 g/mol. The number of amides is 1. The molecule has 168 valence electrons. The van der Waals surface area contributed by atoms with Crippen LogP contribution in [0.15, 0.2) is 47.1 Å². The summed E-state index contributed by atoms with van der Waals surface area (Å²) in [5.41, 5.74) is 1.26. The Morgan fingerprint density at radius 1 is 1.09 bits per heavy atom. The summed E-state index contributed by atoms with van der Waals surface area (Å²) in [5, 5.41) is 14.3. The Labute approximate surface area is 186 Å². The largest absolute Gasteiger partial charge is 0.493 e. The lowest BCUT2D eigenvalue weighted by molar-refractivity contribution is 0.0735. The quantitative estimate of drug-likeness (QED) is 0.627. The highest BCUT2D eigenvalue weighted by molar-refractivity contribution is 6.01. The first-order chi connectivity index (χ1) is 15.5. The summed E-state index contributed by atoms with van der Waals surface area (Å²) in [4.78, 5) is 21.8. The van der Waals surface area contributed by atoms with E-state index >= 15 is 0 Å². The van der Waals surface area contributed by atoms with Crippen molar-refractivity contribution in [3.8, 4) is 22.8 Å². The van der Waals surface area contributed by atoms with Crippen LogP contribution in [0, 0.1) is 0 Å². The third-order valence-corrected chi connectivity index (χ3v) is 5.51. The Bertz CT molecular complexity index is 1080. The number of rotatable bonds is 6. The lowest BCUT2D eigenvalue weighted by atomic mass is 10.0. The average Bonchev–Trinajstić information content (AvgIpc) is 3.29. The number of aliphatic hydroxyl groups excluding tert-OH is 1. The normalized spacial score (nSPS) is 14.9. The minimum absolute atomic E-state index is 0.145. The molecule has 0 spiro atoms. The van der Waals surface area contributed by atoms with E-state index in [4.69, 9.17) is 14.0 Å². The van der Waals surface area contributed by atoms with E-state index in [2.05, 4.69) is 15.0 Å². The highest BCUT2D eigenvalue weighted by atomic mass is 16.5. The van der Waals surface area contributed by atoms with Crippen LogP contribution in [0.3, 0.4) is 0 Å². The molecule has 1 N–H and O–H groups in total. The first kappa shape index (κ1) is 21.6. The molecule has 0 radical (unpaired) electrons. The van der Waals surface area contributed by atoms with Crippen molar-refractivity contribution in [3.63, 3.8) is 0 Å². The van der Waals surface area contributed by atoms with Crippen molar-refractivity contribution >= 4 is 11.7 Å². The molecule has 1 saturated heterocycles. The van der Waals surface area contributed by atoms with E-state index in [1.165, 1.54) is 0 Å². The number of hydrogen-bond donors (Lipinski definition) is 1. The molecule has 32 heavy (non-hydrogen) atoms. The number of benzene rings is 1. The maximum Gasteiger partial charge on any atom is 0.259 e. The first-order valence-electron chi connectivity index (χ1n) is 10.4. The number of carbonyl (C=O) groups excluding carboxylic acids is 1. The number of ether oxygens (including phenoxy) is 2. The molecule has 9 heteroatoms. The average molecular weight is 438 g/mol. The molecular weight excluding hydrogens is 412 g/mol. The van der Waals surface area contributed by atoms with Crippen molar-refractivity contribution in [1.82, 2.24) is 15.0 Å². The second-order valence-corrected chi connectivity index (χ2v) is 7.48. The number of aliphatic hydroxyl groups is 1. The third kappa shape index (κ3) is 4.11. The molecule has 0 saturated carbocycles. The topological polar surface area (TPSA) is 101 Å². The van der Waals surface area contributed by atoms with E-state index in [-0.39, 0.29) is 17.2 Å². The van der Waals surface area contributed by atoms with Gasteiger partial charge in [0, 0.05) is 37.9 Å². The van der Waals surface area contributed by atoms with Crippen molar-refractivity contribution < 1.29 is 23.9 Å². The van der Waals surface area contributed by atoms with E-state index in [1.807, 2.05) is 18.2 Å². The van der Waals surface area contributed by atoms with Crippen molar-refractivity contribution in [1.29, 1.82) is 0 Å². The highest BCUT2D eigenvalue weighted by Crippen LogP contribution is 2.36. The van der Waals surface area contributed by atoms with Crippen LogP contribution in [-0.4, -0.2) is 66.5 Å². The van der Waals surface area contributed by atoms with Crippen LogP contribution >= 0.6 is 0 Å². The molecule has 0 aliphatic carbocycles. The zero-order valence-corrected chi connectivity index (χ0v) is 18.3. The Morgan fingerprint density at radius 2 is 1.84 bits per heavy atom. The maximum atomic E-state index is 13.5. The smallest absolute Gasteiger partial charge is 0.259 e. The number of carbonyl (C=O) groups is 1. The van der Waals surface area contributed by atoms with Gasteiger partial charge in [-0.3, -0.25) is 4.79 Å². The molecule has 1 aliphatic rings. The Morgan fingerprint density at radius 3 is 2.47 bits per heavy atom. The number of hydrogen-bond acceptors (Lipinski definition) is 8. The molecule has 1 amide bonds. The van der Waals surface area contributed by atoms with Crippen LogP contribution in [0.1, 0.15) is 29.1 Å². The molecule has 0 unspecified atom stereocenters. The maximum absolute atomic E-state index is 13.5. The third-order valence-electron chi connectivity index (χ3n) is 5.51. The fourth-order valence-electron chi connectivity index (χ4n) is 3.81. The highest BCUT2D eigenvalue weighted by Gasteiger charge is 2.32. The van der Waals surface area contributed by atoms with Crippen LogP contribution in [0.2, 0.25) is 0 Å². The molecule has 1 aromatic carbocycles. The zero-order chi connectivity index (χ0) is 22.7. The number of anilines is 1. The van der Waals surface area contributed by atoms with Crippen LogP contribution in [0.4, 0.5) is 5.82 Å². The van der Waals surface area contributed by atoms with E-state index < -0.39 is 6.10 Å². The Hall–Kier alpha value is -3.59. The van der Waals surface area contributed by atoms with Gasteiger partial charge in [0.25, 0.3) is 5.91 Å². The summed E-state index contributed by atoms with van der Waals surface area (Å²) >= 11 is 0. The van der Waals surface area contributed by atoms with Gasteiger partial charge < -0.3 is 28.9 Å². The first-order valence-corrected chi connectivity index (χ1v) is 10.4. The fourth-order valence-corrected chi connectivity index (χ4v) is 3.81. The van der Waals surface area contributed by atoms with Gasteiger partial charge in [-0.25, -0.2) is 4.98 Å². The summed E-state index contributed by atoms with van der Waals surface area (Å²) in [6, 6.07) is 11.0. The summed E-state index contributed by atoms with van der Waals surface area (Å²) in [6.07, 6.45) is 0.777. The minimum atomic E-state index is -0.981. The van der Waals surface area contributed by atoms with Gasteiger partial charge in [-0.05, 0) is 37.3 Å². The van der Waals surface area contributed by atoms with Crippen LogP contribution in [-0.2, 0) is 0 Å². The zero-order valence-electron chi connectivity index (χ0n) is 18.3. The molecule has 9 nitrogen and oxygen atoms in total. The van der Waals surface area contributed by atoms with Gasteiger partial charge in [0.1, 0.15) is 23.2 Å². The fraction of sp³-hybridized carbons (Fsp3) is 0.348. The van der Waals surface area contributed by atoms with E-state index in [0.29, 0.717) is 48.9 Å². The molecule has 1 aliphatic heterocycles. The number of aromatic nitrogens is 2. The number of methoxy groups -OCH3 is 2. The second-order valence-electron chi connectivity index (χ2n) is 7.48. The predicted octanol–water partition coefficient (Wildman–Crippen LogP) is 2.77. The summed E-state index contributed by atoms with van der Waals surface area (Å²) in [7, 11) is 3.09. The molecule has 4 rings (SSSR count). The van der Waals surface area contributed by atoms with E-state index in [0.717, 1.165) is 5.82 Å².